The Hall–Kier alpha value is -4.30. The lowest BCUT2D eigenvalue weighted by Crippen LogP contribution is -2.28. The number of methoxy groups -OCH3 is 1. The van der Waals surface area contributed by atoms with Crippen molar-refractivity contribution in [3.63, 3.8) is 0 Å². The third kappa shape index (κ3) is 6.77. The first kappa shape index (κ1) is 30.7. The number of carbonyl (C=O) groups is 2. The second kappa shape index (κ2) is 13.1. The molecule has 14 heteroatoms. The van der Waals surface area contributed by atoms with E-state index < -0.39 is 29.3 Å². The van der Waals surface area contributed by atoms with Gasteiger partial charge in [-0.2, -0.15) is 13.2 Å². The normalized spacial score (nSPS) is 11.5. The number of hydrogen-bond donors (Lipinski definition) is 2. The van der Waals surface area contributed by atoms with Crippen molar-refractivity contribution in [3.8, 4) is 21.7 Å². The molecule has 0 aliphatic heterocycles. The van der Waals surface area contributed by atoms with Crippen molar-refractivity contribution in [2.75, 3.05) is 32.2 Å². The number of thiazole rings is 1. The van der Waals surface area contributed by atoms with Crippen molar-refractivity contribution in [1.29, 1.82) is 0 Å². The fourth-order valence-electron chi connectivity index (χ4n) is 4.26. The van der Waals surface area contributed by atoms with Crippen molar-refractivity contribution in [1.82, 2.24) is 19.9 Å². The van der Waals surface area contributed by atoms with Gasteiger partial charge in [-0.1, -0.05) is 6.07 Å². The molecule has 2 N–H and O–H groups in total. The van der Waals surface area contributed by atoms with Crippen molar-refractivity contribution in [2.24, 2.45) is 0 Å². The molecule has 3 aromatic heterocycles. The number of ether oxygens (including phenoxy) is 2. The summed E-state index contributed by atoms with van der Waals surface area (Å²) in [6.45, 7) is 4.71. The Balaban J connectivity index is 1.90. The van der Waals surface area contributed by atoms with E-state index in [0.717, 1.165) is 16.7 Å². The smallest absolute Gasteiger partial charge is 0.434 e. The van der Waals surface area contributed by atoms with Gasteiger partial charge < -0.3 is 19.4 Å². The molecule has 2 amide bonds. The Morgan fingerprint density at radius 1 is 1.14 bits per heavy atom. The van der Waals surface area contributed by atoms with Crippen LogP contribution in [0.25, 0.3) is 32.6 Å². The minimum absolute atomic E-state index is 0.0380. The van der Waals surface area contributed by atoms with E-state index in [-0.39, 0.29) is 33.9 Å². The van der Waals surface area contributed by atoms with Gasteiger partial charge in [-0.05, 0) is 44.0 Å². The monoisotopic (exact) mass is 603 g/mol. The maximum atomic E-state index is 13.5. The van der Waals surface area contributed by atoms with Gasteiger partial charge in [-0.3, -0.25) is 10.1 Å². The maximum absolute atomic E-state index is 13.5. The Morgan fingerprint density at radius 2 is 1.93 bits per heavy atom. The minimum atomic E-state index is -4.65. The van der Waals surface area contributed by atoms with E-state index in [1.54, 1.807) is 43.7 Å². The number of aromatic nitrogens is 3. The van der Waals surface area contributed by atoms with Gasteiger partial charge in [0, 0.05) is 61.1 Å². The average Bonchev–Trinajstić information content (AvgIpc) is 3.46. The number of urea groups is 1. The molecule has 4 rings (SSSR count). The van der Waals surface area contributed by atoms with Crippen molar-refractivity contribution in [2.45, 2.75) is 33.0 Å². The van der Waals surface area contributed by atoms with Gasteiger partial charge >= 0.3 is 18.2 Å². The number of nitrogens with one attached hydrogen (secondary N) is 2. The quantitative estimate of drug-likeness (QED) is 0.180. The van der Waals surface area contributed by atoms with E-state index in [0.29, 0.717) is 42.8 Å². The summed E-state index contributed by atoms with van der Waals surface area (Å²) in [4.78, 5) is 46.2. The summed E-state index contributed by atoms with van der Waals surface area (Å²) in [6.07, 6.45) is -1.19. The molecular formula is C28H28F3N5O5S. The molecule has 42 heavy (non-hydrogen) atoms. The number of alkyl halides is 3. The van der Waals surface area contributed by atoms with Crippen LogP contribution in [0.15, 0.2) is 46.8 Å². The van der Waals surface area contributed by atoms with Gasteiger partial charge in [-0.15, -0.1) is 11.3 Å². The number of hydrogen-bond acceptors (Lipinski definition) is 8. The maximum Gasteiger partial charge on any atom is 0.434 e. The molecule has 0 saturated carbocycles. The fraction of sp³-hybridized carbons (Fsp3) is 0.321. The minimum Gasteiger partial charge on any atom is -0.462 e. The number of benzene rings is 1. The SMILES string of the molecule is CCNC(=O)Nc1cc(-c2nc(C(F)(F)F)cs2)c(-c2ccc3c(c2)c(=O)c(C(=O)OCC)cn3CCCOC)cn1. The molecule has 0 aliphatic carbocycles. The number of anilines is 1. The van der Waals surface area contributed by atoms with Gasteiger partial charge in [0.15, 0.2) is 5.69 Å². The number of nitrogens with zero attached hydrogens (tertiary/aromatic N) is 3. The molecule has 10 nitrogen and oxygen atoms in total. The zero-order valence-corrected chi connectivity index (χ0v) is 23.8. The van der Waals surface area contributed by atoms with Crippen LogP contribution in [-0.4, -0.2) is 53.4 Å². The summed E-state index contributed by atoms with van der Waals surface area (Å²) in [5.74, 6) is -0.671. The van der Waals surface area contributed by atoms with Crippen LogP contribution in [0.4, 0.5) is 23.8 Å². The number of fused-ring (bicyclic) bond motifs is 1. The number of esters is 1. The van der Waals surface area contributed by atoms with Gasteiger partial charge in [0.1, 0.15) is 16.4 Å². The molecule has 0 radical (unpaired) electrons. The summed E-state index contributed by atoms with van der Waals surface area (Å²) in [7, 11) is 1.57. The molecule has 0 atom stereocenters. The number of aryl methyl sites for hydroxylation is 1. The Bertz CT molecular complexity index is 1670. The highest BCUT2D eigenvalue weighted by atomic mass is 32.1. The molecule has 0 bridgehead atoms. The zero-order chi connectivity index (χ0) is 30.4. The van der Waals surface area contributed by atoms with E-state index in [4.69, 9.17) is 9.47 Å². The number of halogens is 3. The van der Waals surface area contributed by atoms with Gasteiger partial charge in [0.2, 0.25) is 5.43 Å². The van der Waals surface area contributed by atoms with Crippen LogP contribution in [0.2, 0.25) is 0 Å². The first-order chi connectivity index (χ1) is 20.1. The zero-order valence-electron chi connectivity index (χ0n) is 23.0. The molecule has 222 valence electrons. The van der Waals surface area contributed by atoms with E-state index in [9.17, 15) is 27.6 Å². The van der Waals surface area contributed by atoms with Crippen LogP contribution in [0, 0.1) is 0 Å². The number of rotatable bonds is 10. The summed E-state index contributed by atoms with van der Waals surface area (Å²) in [5, 5.41) is 6.26. The Kier molecular flexibility index (Phi) is 9.58. The summed E-state index contributed by atoms with van der Waals surface area (Å²) in [6, 6.07) is 5.84. The van der Waals surface area contributed by atoms with Crippen molar-refractivity contribution in [3.05, 3.63) is 63.5 Å². The molecule has 1 aromatic carbocycles. The highest BCUT2D eigenvalue weighted by Gasteiger charge is 2.34. The first-order valence-electron chi connectivity index (χ1n) is 13.0. The lowest BCUT2D eigenvalue weighted by Gasteiger charge is -2.15. The third-order valence-electron chi connectivity index (χ3n) is 6.14. The van der Waals surface area contributed by atoms with Crippen molar-refractivity contribution >= 4 is 40.1 Å². The molecule has 3 heterocycles. The Morgan fingerprint density at radius 3 is 2.60 bits per heavy atom. The predicted molar refractivity (Wildman–Crippen MR) is 153 cm³/mol. The topological polar surface area (TPSA) is 124 Å². The second-order valence-corrected chi connectivity index (χ2v) is 9.86. The fourth-order valence-corrected chi connectivity index (χ4v) is 5.12. The number of carbonyl (C=O) groups excluding carboxylic acids is 2. The molecule has 0 saturated heterocycles. The van der Waals surface area contributed by atoms with E-state index >= 15 is 0 Å². The summed E-state index contributed by atoms with van der Waals surface area (Å²) in [5.41, 5.74) is -0.128. The summed E-state index contributed by atoms with van der Waals surface area (Å²) < 4.78 is 52.2. The van der Waals surface area contributed by atoms with Crippen LogP contribution in [0.5, 0.6) is 0 Å². The highest BCUT2D eigenvalue weighted by Crippen LogP contribution is 2.39. The number of amides is 2. The predicted octanol–water partition coefficient (Wildman–Crippen LogP) is 5.56. The van der Waals surface area contributed by atoms with E-state index in [1.165, 1.54) is 18.5 Å². The Labute approximate surface area is 242 Å². The molecule has 4 aromatic rings. The molecule has 0 aliphatic rings. The van der Waals surface area contributed by atoms with Crippen LogP contribution in [0.1, 0.15) is 36.3 Å². The van der Waals surface area contributed by atoms with Gasteiger partial charge in [0.25, 0.3) is 0 Å². The standard InChI is InChI=1S/C28H28F3N5O5S/c1-4-32-27(39)35-23-12-17(25-34-22(15-42-25)28(29,30)31)19(13-33-23)16-7-8-21-18(11-16)24(37)20(26(38)41-5-2)14-36(21)9-6-10-40-3/h7-8,11-15H,4-6,9-10H2,1-3H3,(H2,32,33,35,39). The number of pyridine rings is 2. The molecule has 0 unspecified atom stereocenters. The highest BCUT2D eigenvalue weighted by molar-refractivity contribution is 7.13. The molecular weight excluding hydrogens is 575 g/mol. The van der Waals surface area contributed by atoms with Gasteiger partial charge in [0.05, 0.1) is 12.1 Å². The first-order valence-corrected chi connectivity index (χ1v) is 13.9. The van der Waals surface area contributed by atoms with Crippen LogP contribution >= 0.6 is 11.3 Å². The average molecular weight is 604 g/mol. The van der Waals surface area contributed by atoms with Crippen LogP contribution < -0.4 is 16.1 Å². The second-order valence-electron chi connectivity index (χ2n) is 9.00. The lowest BCUT2D eigenvalue weighted by atomic mass is 9.99. The molecule has 0 spiro atoms. The third-order valence-corrected chi connectivity index (χ3v) is 7.02. The van der Waals surface area contributed by atoms with Crippen LogP contribution in [-0.2, 0) is 22.2 Å². The largest absolute Gasteiger partial charge is 0.462 e. The van der Waals surface area contributed by atoms with E-state index in [1.807, 2.05) is 0 Å². The van der Waals surface area contributed by atoms with E-state index in [2.05, 4.69) is 20.6 Å². The van der Waals surface area contributed by atoms with Gasteiger partial charge in [-0.25, -0.2) is 19.6 Å². The summed E-state index contributed by atoms with van der Waals surface area (Å²) >= 11 is 0.782. The lowest BCUT2D eigenvalue weighted by molar-refractivity contribution is -0.140. The van der Waals surface area contributed by atoms with Crippen molar-refractivity contribution < 1.29 is 32.2 Å². The molecule has 0 fully saturated rings. The van der Waals surface area contributed by atoms with Crippen LogP contribution in [0.3, 0.4) is 0 Å².